The Hall–Kier alpha value is -3.99. The molecule has 0 saturated heterocycles. The van der Waals surface area contributed by atoms with Crippen LogP contribution in [0, 0.1) is 17.5 Å². The van der Waals surface area contributed by atoms with Crippen molar-refractivity contribution >= 4 is 86.8 Å². The van der Waals surface area contributed by atoms with Crippen LogP contribution >= 0.6 is 69.4 Å². The first kappa shape index (κ1) is 49.9. The van der Waals surface area contributed by atoms with Gasteiger partial charge < -0.3 is 0 Å². The number of Topliss-reactive ketones (excluding diaryl/α,β-unsaturated/α-hetero) is 3. The lowest BCUT2D eigenvalue weighted by Crippen LogP contribution is -2.10. The highest BCUT2D eigenvalue weighted by atomic mass is 35.5. The van der Waals surface area contributed by atoms with E-state index in [1.165, 1.54) is 18.2 Å². The summed E-state index contributed by atoms with van der Waals surface area (Å²) in [6.07, 6.45) is 9.77. The molecule has 348 valence electrons. The predicted octanol–water partition coefficient (Wildman–Crippen LogP) is 14.9. The Morgan fingerprint density at radius 2 is 0.894 bits per heavy atom. The van der Waals surface area contributed by atoms with E-state index < -0.39 is 0 Å². The van der Waals surface area contributed by atoms with Crippen molar-refractivity contribution in [3.05, 3.63) is 136 Å². The van der Waals surface area contributed by atoms with Crippen LogP contribution in [-0.4, -0.2) is 46.1 Å². The maximum Gasteiger partial charge on any atom is 0.176 e. The van der Waals surface area contributed by atoms with E-state index in [1.807, 2.05) is 13.8 Å². The van der Waals surface area contributed by atoms with Crippen molar-refractivity contribution in [1.29, 1.82) is 0 Å². The van der Waals surface area contributed by atoms with E-state index in [1.54, 1.807) is 36.4 Å². The molecule has 66 heavy (non-hydrogen) atoms. The van der Waals surface area contributed by atoms with Gasteiger partial charge in [0.15, 0.2) is 17.3 Å². The van der Waals surface area contributed by atoms with Crippen LogP contribution < -0.4 is 0 Å². The van der Waals surface area contributed by atoms with Crippen LogP contribution in [-0.2, 0) is 0 Å². The minimum absolute atomic E-state index is 0.00678. The smallest absolute Gasteiger partial charge is 0.176 e. The highest BCUT2D eigenvalue weighted by Gasteiger charge is 2.35. The number of halogens is 6. The van der Waals surface area contributed by atoms with Gasteiger partial charge >= 0.3 is 0 Å². The van der Waals surface area contributed by atoms with Gasteiger partial charge in [-0.15, -0.1) is 15.3 Å². The van der Waals surface area contributed by atoms with Crippen LogP contribution in [0.1, 0.15) is 196 Å². The molecule has 3 aromatic carbocycles. The Kier molecular flexibility index (Phi) is 17.3. The first-order valence-electron chi connectivity index (χ1n) is 22.1. The summed E-state index contributed by atoms with van der Waals surface area (Å²) in [7, 11) is 0. The van der Waals surface area contributed by atoms with Crippen LogP contribution in [0.5, 0.6) is 0 Å². The van der Waals surface area contributed by atoms with Gasteiger partial charge in [-0.25, -0.2) is 13.2 Å². The zero-order valence-electron chi connectivity index (χ0n) is 36.5. The Morgan fingerprint density at radius 1 is 0.561 bits per heavy atom. The molecule has 3 fully saturated rings. The molecule has 3 aliphatic rings. The lowest BCUT2D eigenvalue weighted by molar-refractivity contribution is 0.0967. The average Bonchev–Trinajstić information content (AvgIpc) is 4.27. The second-order valence-electron chi connectivity index (χ2n) is 17.2. The number of rotatable bonds is 18. The summed E-state index contributed by atoms with van der Waals surface area (Å²) in [5.41, 5.74) is 3.73. The molecule has 3 atom stereocenters. The fraction of sp³-hybridized carbons (Fsp3) is 0.438. The predicted molar refractivity (Wildman–Crippen MR) is 256 cm³/mol. The Labute approximate surface area is 409 Å². The third-order valence-corrected chi connectivity index (χ3v) is 15.2. The summed E-state index contributed by atoms with van der Waals surface area (Å²) in [5, 5.41) is 13.4. The normalized spacial score (nSPS) is 15.8. The summed E-state index contributed by atoms with van der Waals surface area (Å²) in [4.78, 5) is 39.5. The van der Waals surface area contributed by atoms with E-state index in [9.17, 15) is 27.6 Å². The van der Waals surface area contributed by atoms with Crippen molar-refractivity contribution in [2.24, 2.45) is 0 Å². The molecule has 0 bridgehead atoms. The Balaban J connectivity index is 0.000000148. The number of carbonyl (C=O) groups is 3. The molecule has 18 heteroatoms. The van der Waals surface area contributed by atoms with Crippen molar-refractivity contribution in [3.63, 3.8) is 0 Å². The molecule has 0 spiro atoms. The molecule has 0 N–H and O–H groups in total. The van der Waals surface area contributed by atoms with Gasteiger partial charge in [-0.2, -0.15) is 0 Å². The topological polar surface area (TPSA) is 129 Å². The number of benzene rings is 3. The van der Waals surface area contributed by atoms with Gasteiger partial charge in [-0.05, 0) is 134 Å². The Morgan fingerprint density at radius 3 is 1.21 bits per heavy atom. The highest BCUT2D eigenvalue weighted by Crippen LogP contribution is 2.45. The molecule has 6 aromatic rings. The maximum absolute atomic E-state index is 14.3. The van der Waals surface area contributed by atoms with E-state index >= 15 is 0 Å². The second-order valence-corrected chi connectivity index (χ2v) is 20.7. The SMILES string of the molecule is CC(CC(=O)c1snnc1C1CC1)c1c(F)cccc1Cl.CCCCC(CC(=O)c1snnc1C1CC1)c1c(F)cccc1Cl.C[C@@H](CC(=O)c1snnc1C1CC1)c1c(F)cccc1Cl. The van der Waals surface area contributed by atoms with E-state index in [4.69, 9.17) is 34.8 Å². The molecular weight excluding hydrogens is 968 g/mol. The van der Waals surface area contributed by atoms with Crippen LogP contribution in [0.4, 0.5) is 13.2 Å². The maximum atomic E-state index is 14.3. The molecule has 3 saturated carbocycles. The minimum atomic E-state index is -0.368. The molecular formula is C48H48Cl3F3N6O3S3. The number of hydrogen-bond donors (Lipinski definition) is 0. The molecule has 0 amide bonds. The number of hydrogen-bond acceptors (Lipinski definition) is 12. The van der Waals surface area contributed by atoms with Crippen LogP contribution in [0.3, 0.4) is 0 Å². The van der Waals surface area contributed by atoms with Gasteiger partial charge in [0, 0.05) is 68.8 Å². The molecule has 0 radical (unpaired) electrons. The number of unbranched alkanes of at least 4 members (excludes halogenated alkanes) is 1. The first-order chi connectivity index (χ1) is 31.8. The van der Waals surface area contributed by atoms with E-state index in [0.29, 0.717) is 64.1 Å². The Bertz CT molecular complexity index is 2490. The lowest BCUT2D eigenvalue weighted by Gasteiger charge is -2.18. The van der Waals surface area contributed by atoms with Gasteiger partial charge in [0.25, 0.3) is 0 Å². The van der Waals surface area contributed by atoms with E-state index in [2.05, 4.69) is 35.7 Å². The van der Waals surface area contributed by atoms with Gasteiger partial charge in [0.1, 0.15) is 32.1 Å². The fourth-order valence-electron chi connectivity index (χ4n) is 7.97. The van der Waals surface area contributed by atoms with Gasteiger partial charge in [0.05, 0.1) is 17.1 Å². The summed E-state index contributed by atoms with van der Waals surface area (Å²) in [5.74, 6) is -0.730. The largest absolute Gasteiger partial charge is 0.293 e. The first-order valence-corrected chi connectivity index (χ1v) is 25.6. The average molecular weight is 1020 g/mol. The monoisotopic (exact) mass is 1010 g/mol. The third-order valence-electron chi connectivity index (χ3n) is 11.9. The van der Waals surface area contributed by atoms with Crippen molar-refractivity contribution < 1.29 is 27.6 Å². The molecule has 9 nitrogen and oxygen atoms in total. The van der Waals surface area contributed by atoms with Crippen molar-refractivity contribution in [1.82, 2.24) is 28.8 Å². The molecule has 3 aliphatic carbocycles. The van der Waals surface area contributed by atoms with Crippen molar-refractivity contribution in [2.75, 3.05) is 0 Å². The van der Waals surface area contributed by atoms with Crippen molar-refractivity contribution in [2.45, 2.75) is 133 Å². The van der Waals surface area contributed by atoms with Gasteiger partial charge in [-0.3, -0.25) is 14.4 Å². The summed E-state index contributed by atoms with van der Waals surface area (Å²) in [6.45, 7) is 5.71. The van der Waals surface area contributed by atoms with Gasteiger partial charge in [0.2, 0.25) is 0 Å². The van der Waals surface area contributed by atoms with Crippen molar-refractivity contribution in [3.8, 4) is 0 Å². The minimum Gasteiger partial charge on any atom is -0.293 e. The zero-order valence-corrected chi connectivity index (χ0v) is 41.3. The number of nitrogens with zero attached hydrogens (tertiary/aromatic N) is 6. The number of aromatic nitrogens is 6. The zero-order chi connectivity index (χ0) is 47.1. The summed E-state index contributed by atoms with van der Waals surface area (Å²) < 4.78 is 53.8. The van der Waals surface area contributed by atoms with Gasteiger partial charge in [-0.1, -0.05) is 100 Å². The van der Waals surface area contributed by atoms with E-state index in [0.717, 1.165) is 109 Å². The molecule has 0 aliphatic heterocycles. The number of ketones is 3. The molecule has 3 heterocycles. The molecule has 2 unspecified atom stereocenters. The standard InChI is InChI=1S/C18H20ClFN2OS.2C15H14ClFN2OS/c1-2-3-5-12(16-13(19)6-4-7-14(16)20)10-15(23)18-17(11-8-9-11)21-22-24-18;2*1-8(13-10(16)3-2-4-11(13)17)7-12(20)15-14(9-5-6-9)18-19-21-15/h4,6-7,11-12H,2-3,5,8-10H2,1H3;2*2-4,8-9H,5-7H2,1H3/t;8-;/m.0./s1. The lowest BCUT2D eigenvalue weighted by atomic mass is 9.88. The number of carbonyl (C=O) groups excluding carboxylic acids is 3. The van der Waals surface area contributed by atoms with Crippen LogP contribution in [0.2, 0.25) is 15.1 Å². The highest BCUT2D eigenvalue weighted by molar-refractivity contribution is 7.08. The fourth-order valence-corrected chi connectivity index (χ4v) is 11.1. The van der Waals surface area contributed by atoms with Crippen LogP contribution in [0.25, 0.3) is 0 Å². The second kappa shape index (κ2) is 22.9. The third kappa shape index (κ3) is 12.6. The van der Waals surface area contributed by atoms with Crippen LogP contribution in [0.15, 0.2) is 54.6 Å². The van der Waals surface area contributed by atoms with E-state index in [-0.39, 0.29) is 71.8 Å². The molecule has 9 rings (SSSR count). The summed E-state index contributed by atoms with van der Waals surface area (Å²) >= 11 is 21.8. The quantitative estimate of drug-likeness (QED) is 0.0773. The summed E-state index contributed by atoms with van der Waals surface area (Å²) in [6, 6.07) is 13.8. The molecule has 3 aromatic heterocycles.